The Hall–Kier alpha value is -1.71. The van der Waals surface area contributed by atoms with Crippen molar-refractivity contribution in [3.05, 3.63) is 23.8 Å². The molecule has 1 aromatic rings. The summed E-state index contributed by atoms with van der Waals surface area (Å²) in [4.78, 5) is 11.6. The molecular weight excluding hydrogens is 240 g/mol. The molecule has 3 N–H and O–H groups in total. The largest absolute Gasteiger partial charge is 0.462 e. The molecule has 19 heavy (non-hydrogen) atoms. The van der Waals surface area contributed by atoms with Gasteiger partial charge in [-0.25, -0.2) is 4.79 Å². The lowest BCUT2D eigenvalue weighted by Gasteiger charge is -2.24. The summed E-state index contributed by atoms with van der Waals surface area (Å²) in [6.07, 6.45) is 6.32. The zero-order valence-electron chi connectivity index (χ0n) is 11.4. The number of nitrogen functional groups attached to an aromatic ring is 1. The van der Waals surface area contributed by atoms with Crippen molar-refractivity contribution in [3.63, 3.8) is 0 Å². The second kappa shape index (κ2) is 6.45. The second-order valence-electron chi connectivity index (χ2n) is 5.00. The van der Waals surface area contributed by atoms with Crippen LogP contribution >= 0.6 is 0 Å². The molecule has 4 nitrogen and oxygen atoms in total. The van der Waals surface area contributed by atoms with Gasteiger partial charge in [0, 0.05) is 17.4 Å². The molecule has 0 spiro atoms. The minimum atomic E-state index is -0.357. The van der Waals surface area contributed by atoms with E-state index in [1.807, 2.05) is 12.1 Å². The predicted molar refractivity (Wildman–Crippen MR) is 77.3 cm³/mol. The van der Waals surface area contributed by atoms with E-state index in [9.17, 15) is 4.79 Å². The Bertz CT molecular complexity index is 440. The first-order valence-corrected chi connectivity index (χ1v) is 7.04. The van der Waals surface area contributed by atoms with Gasteiger partial charge in [-0.2, -0.15) is 0 Å². The van der Waals surface area contributed by atoms with E-state index in [-0.39, 0.29) is 5.97 Å². The molecule has 0 amide bonds. The van der Waals surface area contributed by atoms with Crippen molar-refractivity contribution >= 4 is 17.3 Å². The Morgan fingerprint density at radius 3 is 2.74 bits per heavy atom. The monoisotopic (exact) mass is 262 g/mol. The first-order chi connectivity index (χ1) is 9.20. The summed E-state index contributed by atoms with van der Waals surface area (Å²) in [6, 6.07) is 5.98. The topological polar surface area (TPSA) is 64.3 Å². The molecule has 104 valence electrons. The van der Waals surface area contributed by atoms with Crippen LogP contribution in [0.2, 0.25) is 0 Å². The number of esters is 1. The maximum Gasteiger partial charge on any atom is 0.340 e. The summed E-state index contributed by atoms with van der Waals surface area (Å²) in [5, 5.41) is 3.49. The summed E-state index contributed by atoms with van der Waals surface area (Å²) in [5.41, 5.74) is 7.81. The molecular formula is C15H22N2O2. The number of hydrogen-bond donors (Lipinski definition) is 2. The fourth-order valence-corrected chi connectivity index (χ4v) is 2.53. The molecule has 0 atom stereocenters. The SMILES string of the molecule is CCOC(=O)c1ccc(NC2CCCCC2)cc1N. The highest BCUT2D eigenvalue weighted by Crippen LogP contribution is 2.24. The highest BCUT2D eigenvalue weighted by Gasteiger charge is 2.15. The van der Waals surface area contributed by atoms with Crippen LogP contribution in [0.4, 0.5) is 11.4 Å². The van der Waals surface area contributed by atoms with E-state index in [1.54, 1.807) is 13.0 Å². The Morgan fingerprint density at radius 1 is 1.37 bits per heavy atom. The first kappa shape index (κ1) is 13.7. The third-order valence-electron chi connectivity index (χ3n) is 3.52. The number of ether oxygens (including phenoxy) is 1. The van der Waals surface area contributed by atoms with Gasteiger partial charge in [0.2, 0.25) is 0 Å². The lowest BCUT2D eigenvalue weighted by Crippen LogP contribution is -2.22. The quantitative estimate of drug-likeness (QED) is 0.646. The summed E-state index contributed by atoms with van der Waals surface area (Å²) in [6.45, 7) is 2.15. The Kier molecular flexibility index (Phi) is 4.66. The number of benzene rings is 1. The highest BCUT2D eigenvalue weighted by atomic mass is 16.5. The van der Waals surface area contributed by atoms with E-state index in [0.29, 0.717) is 23.9 Å². The molecule has 1 aliphatic rings. The minimum absolute atomic E-state index is 0.357. The molecule has 0 unspecified atom stereocenters. The van der Waals surface area contributed by atoms with Gasteiger partial charge in [-0.05, 0) is 38.0 Å². The normalized spacial score (nSPS) is 16.1. The number of nitrogens with one attached hydrogen (secondary N) is 1. The second-order valence-corrected chi connectivity index (χ2v) is 5.00. The fourth-order valence-electron chi connectivity index (χ4n) is 2.53. The van der Waals surface area contributed by atoms with Gasteiger partial charge < -0.3 is 15.8 Å². The van der Waals surface area contributed by atoms with E-state index in [2.05, 4.69) is 5.32 Å². The Labute approximate surface area is 114 Å². The van der Waals surface area contributed by atoms with E-state index < -0.39 is 0 Å². The molecule has 2 rings (SSSR count). The van der Waals surface area contributed by atoms with E-state index in [1.165, 1.54) is 32.1 Å². The van der Waals surface area contributed by atoms with Crippen LogP contribution < -0.4 is 11.1 Å². The zero-order valence-corrected chi connectivity index (χ0v) is 11.4. The third kappa shape index (κ3) is 3.63. The number of carbonyl (C=O) groups excluding carboxylic acids is 1. The molecule has 1 saturated carbocycles. The van der Waals surface area contributed by atoms with Gasteiger partial charge in [0.1, 0.15) is 0 Å². The van der Waals surface area contributed by atoms with Crippen molar-refractivity contribution in [3.8, 4) is 0 Å². The maximum atomic E-state index is 11.6. The van der Waals surface area contributed by atoms with Crippen LogP contribution in [0.15, 0.2) is 18.2 Å². The molecule has 1 aromatic carbocycles. The van der Waals surface area contributed by atoms with Crippen LogP contribution in [-0.2, 0) is 4.74 Å². The summed E-state index contributed by atoms with van der Waals surface area (Å²) in [7, 11) is 0. The van der Waals surface area contributed by atoms with Gasteiger partial charge in [0.05, 0.1) is 12.2 Å². The van der Waals surface area contributed by atoms with Crippen molar-refractivity contribution in [1.82, 2.24) is 0 Å². The average Bonchev–Trinajstić information content (AvgIpc) is 2.40. The lowest BCUT2D eigenvalue weighted by atomic mass is 9.95. The first-order valence-electron chi connectivity index (χ1n) is 7.04. The zero-order chi connectivity index (χ0) is 13.7. The third-order valence-corrected chi connectivity index (χ3v) is 3.52. The van der Waals surface area contributed by atoms with Gasteiger partial charge in [0.15, 0.2) is 0 Å². The number of carbonyl (C=O) groups is 1. The van der Waals surface area contributed by atoms with Crippen molar-refractivity contribution < 1.29 is 9.53 Å². The van der Waals surface area contributed by atoms with Gasteiger partial charge in [-0.15, -0.1) is 0 Å². The smallest absolute Gasteiger partial charge is 0.340 e. The van der Waals surface area contributed by atoms with Crippen LogP contribution in [0, 0.1) is 0 Å². The number of rotatable bonds is 4. The standard InChI is InChI=1S/C15H22N2O2/c1-2-19-15(18)13-9-8-12(10-14(13)16)17-11-6-4-3-5-7-11/h8-11,17H,2-7,16H2,1H3. The molecule has 0 aliphatic heterocycles. The molecule has 0 heterocycles. The summed E-state index contributed by atoms with van der Waals surface area (Å²) < 4.78 is 4.96. The average molecular weight is 262 g/mol. The summed E-state index contributed by atoms with van der Waals surface area (Å²) in [5.74, 6) is -0.357. The highest BCUT2D eigenvalue weighted by molar-refractivity contribution is 5.95. The predicted octanol–water partition coefficient (Wildman–Crippen LogP) is 3.19. The minimum Gasteiger partial charge on any atom is -0.462 e. The van der Waals surface area contributed by atoms with Crippen LogP contribution in [0.1, 0.15) is 49.4 Å². The van der Waals surface area contributed by atoms with Crippen LogP contribution in [-0.4, -0.2) is 18.6 Å². The lowest BCUT2D eigenvalue weighted by molar-refractivity contribution is 0.0527. The van der Waals surface area contributed by atoms with Crippen LogP contribution in [0.5, 0.6) is 0 Å². The molecule has 0 saturated heterocycles. The molecule has 4 heteroatoms. The van der Waals surface area contributed by atoms with Crippen molar-refractivity contribution in [1.29, 1.82) is 0 Å². The molecule has 1 aliphatic carbocycles. The van der Waals surface area contributed by atoms with Crippen molar-refractivity contribution in [2.45, 2.75) is 45.1 Å². The molecule has 0 bridgehead atoms. The number of nitrogens with two attached hydrogens (primary N) is 1. The fraction of sp³-hybridized carbons (Fsp3) is 0.533. The van der Waals surface area contributed by atoms with Gasteiger partial charge in [-0.3, -0.25) is 0 Å². The molecule has 0 radical (unpaired) electrons. The number of anilines is 2. The van der Waals surface area contributed by atoms with Gasteiger partial charge in [0.25, 0.3) is 0 Å². The van der Waals surface area contributed by atoms with Gasteiger partial charge >= 0.3 is 5.97 Å². The molecule has 1 fully saturated rings. The van der Waals surface area contributed by atoms with E-state index in [4.69, 9.17) is 10.5 Å². The summed E-state index contributed by atoms with van der Waals surface area (Å²) >= 11 is 0. The van der Waals surface area contributed by atoms with Crippen molar-refractivity contribution in [2.75, 3.05) is 17.7 Å². The van der Waals surface area contributed by atoms with E-state index in [0.717, 1.165) is 5.69 Å². The van der Waals surface area contributed by atoms with E-state index >= 15 is 0 Å². The Morgan fingerprint density at radius 2 is 2.11 bits per heavy atom. The number of hydrogen-bond acceptors (Lipinski definition) is 4. The van der Waals surface area contributed by atoms with Crippen LogP contribution in [0.25, 0.3) is 0 Å². The maximum absolute atomic E-state index is 11.6. The van der Waals surface area contributed by atoms with Crippen LogP contribution in [0.3, 0.4) is 0 Å². The van der Waals surface area contributed by atoms with Crippen molar-refractivity contribution in [2.24, 2.45) is 0 Å². The molecule has 0 aromatic heterocycles. The Balaban J connectivity index is 2.03. The van der Waals surface area contributed by atoms with Gasteiger partial charge in [-0.1, -0.05) is 19.3 Å².